The van der Waals surface area contributed by atoms with Gasteiger partial charge in [-0.15, -0.1) is 0 Å². The van der Waals surface area contributed by atoms with Crippen molar-refractivity contribution in [3.63, 3.8) is 0 Å². The molecule has 1 aliphatic heterocycles. The van der Waals surface area contributed by atoms with E-state index in [0.29, 0.717) is 36.8 Å². The van der Waals surface area contributed by atoms with Gasteiger partial charge in [0.15, 0.2) is 5.60 Å². The molecule has 1 saturated heterocycles. The molecule has 1 aliphatic rings. The lowest BCUT2D eigenvalue weighted by Crippen LogP contribution is -2.53. The summed E-state index contributed by atoms with van der Waals surface area (Å²) in [6.45, 7) is 4.59. The Morgan fingerprint density at radius 2 is 1.95 bits per heavy atom. The summed E-state index contributed by atoms with van der Waals surface area (Å²) < 4.78 is 10.9. The second-order valence-electron chi connectivity index (χ2n) is 6.09. The topological polar surface area (TPSA) is 67.8 Å². The normalized spacial score (nSPS) is 17.8. The number of aliphatic hydroxyl groups is 1. The molecule has 0 unspecified atom stereocenters. The monoisotopic (exact) mass is 327 g/mol. The number of benzene rings is 1. The van der Waals surface area contributed by atoms with Crippen molar-refractivity contribution < 1.29 is 19.4 Å². The van der Waals surface area contributed by atoms with Crippen LogP contribution in [0.5, 0.6) is 5.75 Å². The number of amides is 1. The smallest absolute Gasteiger partial charge is 0.263 e. The van der Waals surface area contributed by atoms with Crippen LogP contribution < -0.4 is 10.1 Å². The standard InChI is InChI=1S/C16H22ClNO4/c1-15(2,22-13-5-3-12(17)4-6-13)14(19)18-11-16(20)7-9-21-10-8-16/h3-6,20H,7-11H2,1-2H3,(H,18,19). The van der Waals surface area contributed by atoms with Gasteiger partial charge in [-0.1, -0.05) is 11.6 Å². The predicted octanol–water partition coefficient (Wildman–Crippen LogP) is 2.16. The highest BCUT2D eigenvalue weighted by atomic mass is 35.5. The van der Waals surface area contributed by atoms with Gasteiger partial charge in [0.05, 0.1) is 5.60 Å². The molecule has 6 heteroatoms. The lowest BCUT2D eigenvalue weighted by Gasteiger charge is -2.33. The van der Waals surface area contributed by atoms with Gasteiger partial charge in [-0.2, -0.15) is 0 Å². The van der Waals surface area contributed by atoms with E-state index in [1.54, 1.807) is 38.1 Å². The number of rotatable bonds is 5. The molecule has 2 rings (SSSR count). The maximum atomic E-state index is 12.3. The van der Waals surface area contributed by atoms with Crippen LogP contribution in [-0.4, -0.2) is 42.0 Å². The van der Waals surface area contributed by atoms with Gasteiger partial charge in [-0.05, 0) is 38.1 Å². The Morgan fingerprint density at radius 1 is 1.36 bits per heavy atom. The molecule has 5 nitrogen and oxygen atoms in total. The number of hydrogen-bond donors (Lipinski definition) is 2. The molecule has 0 spiro atoms. The van der Waals surface area contributed by atoms with Gasteiger partial charge >= 0.3 is 0 Å². The number of ether oxygens (including phenoxy) is 2. The van der Waals surface area contributed by atoms with Gasteiger partial charge in [-0.25, -0.2) is 0 Å². The van der Waals surface area contributed by atoms with E-state index in [2.05, 4.69) is 5.32 Å². The lowest BCUT2D eigenvalue weighted by molar-refractivity contribution is -0.136. The van der Waals surface area contributed by atoms with Crippen molar-refractivity contribution in [2.75, 3.05) is 19.8 Å². The van der Waals surface area contributed by atoms with Crippen LogP contribution in [0.15, 0.2) is 24.3 Å². The summed E-state index contributed by atoms with van der Waals surface area (Å²) >= 11 is 5.82. The number of carbonyl (C=O) groups excluding carboxylic acids is 1. The molecular formula is C16H22ClNO4. The highest BCUT2D eigenvalue weighted by Crippen LogP contribution is 2.22. The van der Waals surface area contributed by atoms with Gasteiger partial charge in [0.2, 0.25) is 0 Å². The molecule has 2 N–H and O–H groups in total. The summed E-state index contributed by atoms with van der Waals surface area (Å²) in [7, 11) is 0. The summed E-state index contributed by atoms with van der Waals surface area (Å²) in [6.07, 6.45) is 1.04. The Bertz CT molecular complexity index is 509. The number of nitrogens with one attached hydrogen (secondary N) is 1. The fourth-order valence-corrected chi connectivity index (χ4v) is 2.36. The maximum Gasteiger partial charge on any atom is 0.263 e. The van der Waals surface area contributed by atoms with Gasteiger partial charge in [0.1, 0.15) is 5.75 Å². The molecule has 1 aromatic carbocycles. The first kappa shape index (κ1) is 17.1. The Labute approximate surface area is 135 Å². The Hall–Kier alpha value is -1.30. The average Bonchev–Trinajstić information content (AvgIpc) is 2.48. The zero-order chi connectivity index (χ0) is 16.2. The zero-order valence-corrected chi connectivity index (χ0v) is 13.7. The number of hydrogen-bond acceptors (Lipinski definition) is 4. The van der Waals surface area contributed by atoms with Crippen molar-refractivity contribution >= 4 is 17.5 Å². The molecule has 0 atom stereocenters. The van der Waals surface area contributed by atoms with Crippen LogP contribution >= 0.6 is 11.6 Å². The van der Waals surface area contributed by atoms with Gasteiger partial charge in [0, 0.05) is 37.6 Å². The van der Waals surface area contributed by atoms with Crippen LogP contribution in [0.25, 0.3) is 0 Å². The molecule has 0 radical (unpaired) electrons. The van der Waals surface area contributed by atoms with Gasteiger partial charge in [-0.3, -0.25) is 4.79 Å². The number of carbonyl (C=O) groups is 1. The van der Waals surface area contributed by atoms with E-state index in [9.17, 15) is 9.90 Å². The molecular weight excluding hydrogens is 306 g/mol. The predicted molar refractivity (Wildman–Crippen MR) is 84.2 cm³/mol. The molecule has 0 saturated carbocycles. The Morgan fingerprint density at radius 3 is 2.55 bits per heavy atom. The molecule has 122 valence electrons. The molecule has 1 fully saturated rings. The second-order valence-corrected chi connectivity index (χ2v) is 6.52. The zero-order valence-electron chi connectivity index (χ0n) is 12.9. The maximum absolute atomic E-state index is 12.3. The quantitative estimate of drug-likeness (QED) is 0.869. The minimum atomic E-state index is -1.05. The van der Waals surface area contributed by atoms with Gasteiger partial charge in [0.25, 0.3) is 5.91 Å². The summed E-state index contributed by atoms with van der Waals surface area (Å²) in [6, 6.07) is 6.83. The Kier molecular flexibility index (Phi) is 5.32. The van der Waals surface area contributed by atoms with Crippen LogP contribution in [0.1, 0.15) is 26.7 Å². The first-order valence-electron chi connectivity index (χ1n) is 7.34. The molecule has 0 aromatic heterocycles. The first-order chi connectivity index (χ1) is 10.3. The average molecular weight is 328 g/mol. The Balaban J connectivity index is 1.90. The van der Waals surface area contributed by atoms with Crippen molar-refractivity contribution in [2.45, 2.75) is 37.9 Å². The van der Waals surface area contributed by atoms with Crippen LogP contribution in [0.3, 0.4) is 0 Å². The van der Waals surface area contributed by atoms with E-state index in [0.717, 1.165) is 0 Å². The third kappa shape index (κ3) is 4.60. The molecule has 1 aromatic rings. The molecule has 1 heterocycles. The van der Waals surface area contributed by atoms with Crippen LogP contribution in [-0.2, 0) is 9.53 Å². The van der Waals surface area contributed by atoms with E-state index in [1.165, 1.54) is 0 Å². The lowest BCUT2D eigenvalue weighted by atomic mass is 9.94. The molecule has 22 heavy (non-hydrogen) atoms. The summed E-state index contributed by atoms with van der Waals surface area (Å²) in [5.41, 5.74) is -1.94. The minimum absolute atomic E-state index is 0.197. The SMILES string of the molecule is CC(C)(Oc1ccc(Cl)cc1)C(=O)NCC1(O)CCOCC1. The molecule has 0 aliphatic carbocycles. The van der Waals surface area contributed by atoms with E-state index < -0.39 is 11.2 Å². The van der Waals surface area contributed by atoms with Crippen molar-refractivity contribution in [3.05, 3.63) is 29.3 Å². The van der Waals surface area contributed by atoms with E-state index >= 15 is 0 Å². The fourth-order valence-electron chi connectivity index (χ4n) is 2.23. The fraction of sp³-hybridized carbons (Fsp3) is 0.562. The van der Waals surface area contributed by atoms with E-state index in [4.69, 9.17) is 21.1 Å². The summed E-state index contributed by atoms with van der Waals surface area (Å²) in [4.78, 5) is 12.3. The van der Waals surface area contributed by atoms with Crippen LogP contribution in [0, 0.1) is 0 Å². The van der Waals surface area contributed by atoms with Crippen molar-refractivity contribution in [1.82, 2.24) is 5.32 Å². The third-order valence-corrected chi connectivity index (χ3v) is 3.99. The minimum Gasteiger partial charge on any atom is -0.478 e. The van der Waals surface area contributed by atoms with E-state index in [1.807, 2.05) is 0 Å². The summed E-state index contributed by atoms with van der Waals surface area (Å²) in [5, 5.41) is 13.7. The van der Waals surface area contributed by atoms with Crippen LogP contribution in [0.2, 0.25) is 5.02 Å². The highest BCUT2D eigenvalue weighted by Gasteiger charge is 2.34. The van der Waals surface area contributed by atoms with Crippen molar-refractivity contribution in [2.24, 2.45) is 0 Å². The van der Waals surface area contributed by atoms with E-state index in [-0.39, 0.29) is 12.5 Å². The second kappa shape index (κ2) is 6.86. The molecule has 1 amide bonds. The molecule has 0 bridgehead atoms. The van der Waals surface area contributed by atoms with Crippen molar-refractivity contribution in [1.29, 1.82) is 0 Å². The largest absolute Gasteiger partial charge is 0.478 e. The first-order valence-corrected chi connectivity index (χ1v) is 7.72. The van der Waals surface area contributed by atoms with Gasteiger partial charge < -0.3 is 19.9 Å². The summed E-state index contributed by atoms with van der Waals surface area (Å²) in [5.74, 6) is 0.289. The highest BCUT2D eigenvalue weighted by molar-refractivity contribution is 6.30. The number of halogens is 1. The van der Waals surface area contributed by atoms with Crippen LogP contribution in [0.4, 0.5) is 0 Å². The third-order valence-electron chi connectivity index (χ3n) is 3.73. The van der Waals surface area contributed by atoms with Crippen molar-refractivity contribution in [3.8, 4) is 5.75 Å².